The standard InChI is InChI=1S/C13H20N4O3S.2ClH/c18-12(11-8-20-4-1-14-11)16-13-15-10(9-21-13)7-17-2-5-19-6-3-17;;/h9,11,14H,1-8H2,(H,15,16,18);2*1H. The summed E-state index contributed by atoms with van der Waals surface area (Å²) in [6, 6.07) is -0.287. The lowest BCUT2D eigenvalue weighted by Gasteiger charge is -2.25. The van der Waals surface area contributed by atoms with Gasteiger partial charge in [0.15, 0.2) is 5.13 Å². The van der Waals surface area contributed by atoms with Crippen LogP contribution in [0.4, 0.5) is 5.13 Å². The molecule has 1 amide bonds. The van der Waals surface area contributed by atoms with Gasteiger partial charge in [-0.1, -0.05) is 0 Å². The van der Waals surface area contributed by atoms with Crippen LogP contribution >= 0.6 is 36.2 Å². The molecular weight excluding hydrogens is 363 g/mol. The second-order valence-corrected chi connectivity index (χ2v) is 5.96. The molecule has 1 aromatic heterocycles. The highest BCUT2D eigenvalue weighted by molar-refractivity contribution is 7.13. The third kappa shape index (κ3) is 6.15. The first kappa shape index (κ1) is 20.6. The lowest BCUT2D eigenvalue weighted by Crippen LogP contribution is -2.48. The number of halogens is 2. The van der Waals surface area contributed by atoms with Crippen LogP contribution in [0.15, 0.2) is 5.38 Å². The zero-order chi connectivity index (χ0) is 14.5. The zero-order valence-electron chi connectivity index (χ0n) is 12.7. The average Bonchev–Trinajstić information content (AvgIpc) is 2.96. The Bertz CT molecular complexity index is 480. The van der Waals surface area contributed by atoms with E-state index in [1.807, 2.05) is 5.38 Å². The number of amides is 1. The summed E-state index contributed by atoms with van der Waals surface area (Å²) in [6.45, 7) is 6.01. The molecule has 0 radical (unpaired) electrons. The Balaban J connectivity index is 0.00000132. The molecule has 0 spiro atoms. The molecule has 2 fully saturated rings. The first-order valence-electron chi connectivity index (χ1n) is 7.18. The predicted octanol–water partition coefficient (Wildman–Crippen LogP) is 0.746. The fourth-order valence-corrected chi connectivity index (χ4v) is 3.06. The van der Waals surface area contributed by atoms with Crippen LogP contribution in [0.2, 0.25) is 0 Å². The Labute approximate surface area is 151 Å². The van der Waals surface area contributed by atoms with Crippen molar-refractivity contribution in [3.8, 4) is 0 Å². The van der Waals surface area contributed by atoms with E-state index in [-0.39, 0.29) is 36.8 Å². The molecule has 3 heterocycles. The molecule has 0 aromatic carbocycles. The van der Waals surface area contributed by atoms with Gasteiger partial charge in [-0.15, -0.1) is 36.2 Å². The quantitative estimate of drug-likeness (QED) is 0.797. The Kier molecular flexibility index (Phi) is 9.30. The number of anilines is 1. The number of thiazole rings is 1. The van der Waals surface area contributed by atoms with Crippen molar-refractivity contribution in [1.82, 2.24) is 15.2 Å². The lowest BCUT2D eigenvalue weighted by atomic mass is 10.2. The minimum atomic E-state index is -0.287. The second kappa shape index (κ2) is 10.4. The Morgan fingerprint density at radius 3 is 2.83 bits per heavy atom. The van der Waals surface area contributed by atoms with Crippen molar-refractivity contribution in [3.63, 3.8) is 0 Å². The van der Waals surface area contributed by atoms with E-state index < -0.39 is 0 Å². The number of nitrogens with zero attached hydrogens (tertiary/aromatic N) is 2. The van der Waals surface area contributed by atoms with Gasteiger partial charge in [-0.25, -0.2) is 4.98 Å². The van der Waals surface area contributed by atoms with Gasteiger partial charge in [0.1, 0.15) is 6.04 Å². The third-order valence-electron chi connectivity index (χ3n) is 3.51. The Morgan fingerprint density at radius 1 is 1.35 bits per heavy atom. The highest BCUT2D eigenvalue weighted by Gasteiger charge is 2.22. The average molecular weight is 385 g/mol. The lowest BCUT2D eigenvalue weighted by molar-refractivity contribution is -0.120. The summed E-state index contributed by atoms with van der Waals surface area (Å²) in [5, 5.41) is 8.63. The number of morpholine rings is 2. The molecule has 0 bridgehead atoms. The number of rotatable bonds is 4. The number of ether oxygens (including phenoxy) is 2. The molecule has 2 aliphatic heterocycles. The largest absolute Gasteiger partial charge is 0.379 e. The maximum absolute atomic E-state index is 12.1. The molecule has 3 rings (SSSR count). The van der Waals surface area contributed by atoms with Crippen LogP contribution in [0.5, 0.6) is 0 Å². The first-order valence-corrected chi connectivity index (χ1v) is 8.06. The van der Waals surface area contributed by atoms with Gasteiger partial charge in [0, 0.05) is 31.6 Å². The van der Waals surface area contributed by atoms with Gasteiger partial charge < -0.3 is 20.1 Å². The van der Waals surface area contributed by atoms with Crippen molar-refractivity contribution in [1.29, 1.82) is 0 Å². The maximum atomic E-state index is 12.1. The molecule has 7 nitrogen and oxygen atoms in total. The van der Waals surface area contributed by atoms with E-state index in [4.69, 9.17) is 9.47 Å². The maximum Gasteiger partial charge on any atom is 0.245 e. The molecule has 0 saturated carbocycles. The van der Waals surface area contributed by atoms with Gasteiger partial charge in [-0.3, -0.25) is 9.69 Å². The summed E-state index contributed by atoms with van der Waals surface area (Å²) < 4.78 is 10.6. The molecule has 0 aliphatic carbocycles. The first-order chi connectivity index (χ1) is 10.3. The van der Waals surface area contributed by atoms with Gasteiger partial charge in [-0.05, 0) is 0 Å². The van der Waals surface area contributed by atoms with E-state index in [9.17, 15) is 4.79 Å². The van der Waals surface area contributed by atoms with Gasteiger partial charge in [-0.2, -0.15) is 0 Å². The van der Waals surface area contributed by atoms with Crippen molar-refractivity contribution in [2.75, 3.05) is 51.4 Å². The molecule has 1 aromatic rings. The Hall–Kier alpha value is -0.480. The molecule has 2 aliphatic rings. The summed E-state index contributed by atoms with van der Waals surface area (Å²) in [7, 11) is 0. The minimum absolute atomic E-state index is 0. The van der Waals surface area contributed by atoms with E-state index in [1.165, 1.54) is 11.3 Å². The molecule has 1 atom stereocenters. The molecule has 2 N–H and O–H groups in total. The van der Waals surface area contributed by atoms with Gasteiger partial charge in [0.25, 0.3) is 0 Å². The van der Waals surface area contributed by atoms with Crippen molar-refractivity contribution >= 4 is 47.2 Å². The monoisotopic (exact) mass is 384 g/mol. The molecule has 2 saturated heterocycles. The SMILES string of the molecule is Cl.Cl.O=C(Nc1nc(CN2CCOCC2)cs1)C1COCCN1. The van der Waals surface area contributed by atoms with E-state index >= 15 is 0 Å². The fraction of sp³-hybridized carbons (Fsp3) is 0.692. The molecule has 132 valence electrons. The molecule has 10 heteroatoms. The van der Waals surface area contributed by atoms with Crippen molar-refractivity contribution < 1.29 is 14.3 Å². The van der Waals surface area contributed by atoms with E-state index in [1.54, 1.807) is 0 Å². The summed E-state index contributed by atoms with van der Waals surface area (Å²) in [4.78, 5) is 18.8. The van der Waals surface area contributed by atoms with Crippen LogP contribution in [0, 0.1) is 0 Å². The van der Waals surface area contributed by atoms with E-state index in [0.29, 0.717) is 24.9 Å². The molecule has 23 heavy (non-hydrogen) atoms. The van der Waals surface area contributed by atoms with Crippen LogP contribution in [0.25, 0.3) is 0 Å². The van der Waals surface area contributed by atoms with Crippen molar-refractivity contribution in [2.45, 2.75) is 12.6 Å². The fourth-order valence-electron chi connectivity index (χ4n) is 2.35. The smallest absolute Gasteiger partial charge is 0.245 e. The zero-order valence-corrected chi connectivity index (χ0v) is 15.1. The highest BCUT2D eigenvalue weighted by Crippen LogP contribution is 2.17. The van der Waals surface area contributed by atoms with E-state index in [0.717, 1.165) is 38.5 Å². The molecular formula is C13H22Cl2N4O3S. The summed E-state index contributed by atoms with van der Waals surface area (Å²) >= 11 is 1.46. The van der Waals surface area contributed by atoms with Gasteiger partial charge in [0.2, 0.25) is 5.91 Å². The third-order valence-corrected chi connectivity index (χ3v) is 4.32. The Morgan fingerprint density at radius 2 is 2.13 bits per heavy atom. The number of nitrogens with one attached hydrogen (secondary N) is 2. The number of carbonyl (C=O) groups is 1. The second-order valence-electron chi connectivity index (χ2n) is 5.10. The van der Waals surface area contributed by atoms with Crippen LogP contribution in [-0.4, -0.2) is 67.9 Å². The van der Waals surface area contributed by atoms with Crippen LogP contribution in [0.1, 0.15) is 5.69 Å². The van der Waals surface area contributed by atoms with Crippen molar-refractivity contribution in [2.24, 2.45) is 0 Å². The number of hydrogen-bond donors (Lipinski definition) is 2. The summed E-state index contributed by atoms with van der Waals surface area (Å²) in [5.41, 5.74) is 0.991. The number of hydrogen-bond acceptors (Lipinski definition) is 7. The highest BCUT2D eigenvalue weighted by atomic mass is 35.5. The summed E-state index contributed by atoms with van der Waals surface area (Å²) in [6.07, 6.45) is 0. The predicted molar refractivity (Wildman–Crippen MR) is 93.9 cm³/mol. The number of carbonyl (C=O) groups excluding carboxylic acids is 1. The number of aromatic nitrogens is 1. The van der Waals surface area contributed by atoms with Crippen LogP contribution < -0.4 is 10.6 Å². The van der Waals surface area contributed by atoms with Gasteiger partial charge >= 0.3 is 0 Å². The minimum Gasteiger partial charge on any atom is -0.379 e. The van der Waals surface area contributed by atoms with Gasteiger partial charge in [0.05, 0.1) is 32.1 Å². The van der Waals surface area contributed by atoms with Crippen LogP contribution in [-0.2, 0) is 20.8 Å². The van der Waals surface area contributed by atoms with E-state index in [2.05, 4.69) is 20.5 Å². The van der Waals surface area contributed by atoms with Crippen LogP contribution in [0.3, 0.4) is 0 Å². The normalized spacial score (nSPS) is 21.8. The summed E-state index contributed by atoms with van der Waals surface area (Å²) in [5.74, 6) is -0.0815. The topological polar surface area (TPSA) is 75.7 Å². The molecule has 1 unspecified atom stereocenters. The van der Waals surface area contributed by atoms with Crippen molar-refractivity contribution in [3.05, 3.63) is 11.1 Å².